The molecule has 3 atom stereocenters. The molecule has 6 rings (SSSR count). The van der Waals surface area contributed by atoms with Crippen molar-refractivity contribution >= 4 is 16.5 Å². The van der Waals surface area contributed by atoms with Gasteiger partial charge in [0.05, 0.1) is 11.1 Å². The van der Waals surface area contributed by atoms with E-state index in [2.05, 4.69) is 77.6 Å². The van der Waals surface area contributed by atoms with E-state index >= 15 is 0 Å². The first-order valence-corrected chi connectivity index (χ1v) is 12.1. The van der Waals surface area contributed by atoms with E-state index in [4.69, 9.17) is 0 Å². The molecular formula is C29H34N2O. The zero-order chi connectivity index (χ0) is 22.0. The fourth-order valence-corrected chi connectivity index (χ4v) is 5.74. The molecule has 1 heterocycles. The molecule has 0 amide bonds. The molecule has 1 saturated carbocycles. The topological polar surface area (TPSA) is 36.4 Å². The smallest absolute Gasteiger partial charge is 0.0728 e. The highest BCUT2D eigenvalue weighted by molar-refractivity contribution is 5.78. The van der Waals surface area contributed by atoms with Crippen molar-refractivity contribution < 1.29 is 5.11 Å². The maximum absolute atomic E-state index is 11.5. The van der Waals surface area contributed by atoms with Crippen LogP contribution in [0.25, 0.3) is 16.5 Å². The van der Waals surface area contributed by atoms with Gasteiger partial charge in [0.25, 0.3) is 0 Å². The average molecular weight is 427 g/mol. The van der Waals surface area contributed by atoms with E-state index in [0.29, 0.717) is 11.8 Å². The second-order valence-electron chi connectivity index (χ2n) is 9.87. The number of aromatic nitrogens is 1. The van der Waals surface area contributed by atoms with E-state index < -0.39 is 5.60 Å². The van der Waals surface area contributed by atoms with Gasteiger partial charge in [0.15, 0.2) is 0 Å². The predicted molar refractivity (Wildman–Crippen MR) is 132 cm³/mol. The van der Waals surface area contributed by atoms with E-state index in [9.17, 15) is 5.11 Å². The number of nitrogens with zero attached hydrogens (tertiary/aromatic N) is 2. The minimum Gasteiger partial charge on any atom is -0.389 e. The second kappa shape index (κ2) is 9.17. The minimum absolute atomic E-state index is 0.291. The van der Waals surface area contributed by atoms with Crippen LogP contribution in [-0.2, 0) is 6.42 Å². The zero-order valence-corrected chi connectivity index (χ0v) is 19.1. The molecule has 0 spiro atoms. The quantitative estimate of drug-likeness (QED) is 0.499. The lowest BCUT2D eigenvalue weighted by Gasteiger charge is -2.48. The van der Waals surface area contributed by atoms with Crippen LogP contribution in [-0.4, -0.2) is 40.7 Å². The summed E-state index contributed by atoms with van der Waals surface area (Å²) in [6.45, 7) is 1.99. The Morgan fingerprint density at radius 2 is 1.84 bits per heavy atom. The summed E-state index contributed by atoms with van der Waals surface area (Å²) in [7, 11) is 2.19. The van der Waals surface area contributed by atoms with Crippen LogP contribution in [0.15, 0.2) is 72.9 Å². The van der Waals surface area contributed by atoms with Crippen molar-refractivity contribution in [2.45, 2.75) is 44.1 Å². The molecule has 1 aromatic heterocycles. The van der Waals surface area contributed by atoms with Crippen LogP contribution >= 0.6 is 0 Å². The lowest BCUT2D eigenvalue weighted by molar-refractivity contribution is -0.0574. The van der Waals surface area contributed by atoms with Crippen molar-refractivity contribution in [3.63, 3.8) is 0 Å². The van der Waals surface area contributed by atoms with Gasteiger partial charge in [0, 0.05) is 24.0 Å². The summed E-state index contributed by atoms with van der Waals surface area (Å²) in [6.07, 6.45) is 10.7. The van der Waals surface area contributed by atoms with Crippen molar-refractivity contribution in [3.8, 4) is 0 Å². The highest BCUT2D eigenvalue weighted by Gasteiger charge is 2.46. The molecule has 2 aromatic carbocycles. The van der Waals surface area contributed by atoms with Crippen molar-refractivity contribution in [1.29, 1.82) is 0 Å². The Bertz CT molecular complexity index is 1090. The monoisotopic (exact) mass is 426 g/mol. The highest BCUT2D eigenvalue weighted by atomic mass is 16.3. The molecule has 0 saturated heterocycles. The molecule has 0 radical (unpaired) electrons. The Morgan fingerprint density at radius 3 is 2.66 bits per heavy atom. The van der Waals surface area contributed by atoms with E-state index in [1.54, 1.807) is 0 Å². The Morgan fingerprint density at radius 1 is 1.03 bits per heavy atom. The van der Waals surface area contributed by atoms with Crippen LogP contribution in [0.3, 0.4) is 0 Å². The Balaban J connectivity index is 1.13. The largest absolute Gasteiger partial charge is 0.389 e. The molecule has 3 heteroatoms. The third-order valence-corrected chi connectivity index (χ3v) is 7.62. The summed E-state index contributed by atoms with van der Waals surface area (Å²) in [4.78, 5) is 6.97. The van der Waals surface area contributed by atoms with Gasteiger partial charge in [-0.2, -0.15) is 0 Å². The molecule has 3 aliphatic rings. The van der Waals surface area contributed by atoms with Gasteiger partial charge in [-0.1, -0.05) is 54.6 Å². The van der Waals surface area contributed by atoms with Gasteiger partial charge in [-0.25, -0.2) is 0 Å². The van der Waals surface area contributed by atoms with Crippen LogP contribution in [0.4, 0.5) is 0 Å². The third-order valence-electron chi connectivity index (χ3n) is 7.62. The number of allylic oxidation sites excluding steroid dienone is 1. The minimum atomic E-state index is -0.544. The third kappa shape index (κ3) is 4.51. The molecule has 166 valence electrons. The van der Waals surface area contributed by atoms with Crippen LogP contribution < -0.4 is 0 Å². The van der Waals surface area contributed by atoms with Crippen molar-refractivity contribution in [2.24, 2.45) is 11.8 Å². The van der Waals surface area contributed by atoms with E-state index in [1.165, 1.54) is 28.5 Å². The molecule has 3 nitrogen and oxygen atoms in total. The summed E-state index contributed by atoms with van der Waals surface area (Å²) in [5.74, 6) is 0.790. The standard InChI is InChI=1S/C29H34N2O/c1-31(16-7-8-22-18-24-11-5-6-12-28(24)30-21-22)17-15-29(32)20-25-13-14-26(29)19-27(25)23-9-3-2-4-10-23/h2-6,9-12,18-19,21,25-26,32H,7-8,13-17,20H2,1H3/t25-,26+,29+/m0/s1. The number of fused-ring (bicyclic) bond motifs is 3. The van der Waals surface area contributed by atoms with Crippen LogP contribution in [0.5, 0.6) is 0 Å². The number of benzene rings is 2. The number of aryl methyl sites for hydroxylation is 1. The molecule has 3 aromatic rings. The number of hydrogen-bond acceptors (Lipinski definition) is 3. The number of pyridine rings is 1. The SMILES string of the molecule is CN(CCCc1cnc2ccccc2c1)CC[C@@]1(O)C[C@@H]2CC[C@@H]1C=C2c1ccccc1. The molecule has 3 aliphatic carbocycles. The number of rotatable bonds is 8. The van der Waals surface area contributed by atoms with E-state index in [-0.39, 0.29) is 0 Å². The molecule has 1 fully saturated rings. The summed E-state index contributed by atoms with van der Waals surface area (Å²) in [5, 5.41) is 12.7. The maximum Gasteiger partial charge on any atom is 0.0728 e. The first-order valence-electron chi connectivity index (χ1n) is 12.1. The number of aliphatic hydroxyl groups is 1. The first-order chi connectivity index (χ1) is 15.6. The molecule has 0 unspecified atom stereocenters. The Labute approximate surface area is 191 Å². The lowest BCUT2D eigenvalue weighted by Crippen LogP contribution is -2.48. The summed E-state index contributed by atoms with van der Waals surface area (Å²) < 4.78 is 0. The van der Waals surface area contributed by atoms with Crippen molar-refractivity contribution in [1.82, 2.24) is 9.88 Å². The van der Waals surface area contributed by atoms with Gasteiger partial charge in [-0.15, -0.1) is 0 Å². The summed E-state index contributed by atoms with van der Waals surface area (Å²) in [5.41, 5.74) is 4.62. The lowest BCUT2D eigenvalue weighted by atomic mass is 9.61. The summed E-state index contributed by atoms with van der Waals surface area (Å²) >= 11 is 0. The fraction of sp³-hybridized carbons (Fsp3) is 0.414. The fourth-order valence-electron chi connectivity index (χ4n) is 5.74. The van der Waals surface area contributed by atoms with Gasteiger partial charge in [0.2, 0.25) is 0 Å². The van der Waals surface area contributed by atoms with Crippen molar-refractivity contribution in [2.75, 3.05) is 20.1 Å². The van der Waals surface area contributed by atoms with E-state index in [1.807, 2.05) is 12.3 Å². The van der Waals surface area contributed by atoms with E-state index in [0.717, 1.165) is 50.7 Å². The average Bonchev–Trinajstić information content (AvgIpc) is 2.83. The molecule has 0 aliphatic heterocycles. The van der Waals surface area contributed by atoms with Gasteiger partial charge in [-0.3, -0.25) is 4.98 Å². The van der Waals surface area contributed by atoms with Gasteiger partial charge in [-0.05, 0) is 86.9 Å². The first kappa shape index (κ1) is 21.4. The molecular weight excluding hydrogens is 392 g/mol. The Hall–Kier alpha value is -2.49. The predicted octanol–water partition coefficient (Wildman–Crippen LogP) is 5.73. The Kier molecular flexibility index (Phi) is 6.12. The molecule has 2 bridgehead atoms. The van der Waals surface area contributed by atoms with Crippen LogP contribution in [0.1, 0.15) is 43.2 Å². The maximum atomic E-state index is 11.5. The summed E-state index contributed by atoms with van der Waals surface area (Å²) in [6, 6.07) is 21.3. The van der Waals surface area contributed by atoms with Gasteiger partial charge >= 0.3 is 0 Å². The normalized spacial score (nSPS) is 24.8. The zero-order valence-electron chi connectivity index (χ0n) is 19.1. The number of hydrogen-bond donors (Lipinski definition) is 1. The molecule has 32 heavy (non-hydrogen) atoms. The molecule has 1 N–H and O–H groups in total. The second-order valence-corrected chi connectivity index (χ2v) is 9.87. The van der Waals surface area contributed by atoms with Gasteiger partial charge < -0.3 is 10.0 Å². The van der Waals surface area contributed by atoms with Crippen LogP contribution in [0.2, 0.25) is 0 Å². The van der Waals surface area contributed by atoms with Crippen LogP contribution in [0, 0.1) is 11.8 Å². The van der Waals surface area contributed by atoms with Gasteiger partial charge in [0.1, 0.15) is 0 Å². The highest BCUT2D eigenvalue weighted by Crippen LogP contribution is 2.51. The van der Waals surface area contributed by atoms with Crippen molar-refractivity contribution in [3.05, 3.63) is 84.1 Å². The number of para-hydroxylation sites is 1.